The molecule has 5 heteroatoms. The van der Waals surface area contributed by atoms with Crippen molar-refractivity contribution < 1.29 is 9.59 Å². The molecule has 96 valence electrons. The second kappa shape index (κ2) is 4.98. The van der Waals surface area contributed by atoms with Crippen molar-refractivity contribution >= 4 is 29.2 Å². The number of amides is 3. The quantitative estimate of drug-likeness (QED) is 0.895. The number of carbonyl (C=O) groups is 2. The lowest BCUT2D eigenvalue weighted by Gasteiger charge is -2.28. The highest BCUT2D eigenvalue weighted by atomic mass is 35.5. The van der Waals surface area contributed by atoms with Crippen molar-refractivity contribution in [3.63, 3.8) is 0 Å². The van der Waals surface area contributed by atoms with Gasteiger partial charge in [0.2, 0.25) is 5.91 Å². The molecule has 4 nitrogen and oxygen atoms in total. The monoisotopic (exact) mass is 266 g/mol. The molecule has 0 bridgehead atoms. The number of urea groups is 1. The molecule has 0 spiro atoms. The molecule has 0 aromatic heterocycles. The Morgan fingerprint density at radius 3 is 2.67 bits per heavy atom. The van der Waals surface area contributed by atoms with Gasteiger partial charge in [-0.05, 0) is 17.5 Å². The van der Waals surface area contributed by atoms with Crippen LogP contribution in [-0.4, -0.2) is 18.5 Å². The smallest absolute Gasteiger partial charge is 0.292 e. The van der Waals surface area contributed by atoms with Crippen molar-refractivity contribution in [1.82, 2.24) is 5.32 Å². The number of benzene rings is 1. The summed E-state index contributed by atoms with van der Waals surface area (Å²) in [5.74, 6) is 0.0410. The first-order valence-electron chi connectivity index (χ1n) is 5.90. The van der Waals surface area contributed by atoms with E-state index in [0.29, 0.717) is 23.7 Å². The summed E-state index contributed by atoms with van der Waals surface area (Å²) < 4.78 is 0. The molecular formula is C13H15ClN2O2. The first-order chi connectivity index (χ1) is 8.50. The van der Waals surface area contributed by atoms with Crippen LogP contribution in [0.3, 0.4) is 0 Å². The van der Waals surface area contributed by atoms with E-state index < -0.39 is 6.03 Å². The van der Waals surface area contributed by atoms with Crippen LogP contribution in [-0.2, 0) is 4.79 Å². The summed E-state index contributed by atoms with van der Waals surface area (Å²) in [5.41, 5.74) is 1.66. The number of rotatable bonds is 2. The normalized spacial score (nSPS) is 16.1. The van der Waals surface area contributed by atoms with Crippen molar-refractivity contribution in [1.29, 1.82) is 0 Å². The summed E-state index contributed by atoms with van der Waals surface area (Å²) in [5, 5.41) is 2.87. The number of imide groups is 1. The van der Waals surface area contributed by atoms with E-state index in [1.54, 1.807) is 6.07 Å². The van der Waals surface area contributed by atoms with Gasteiger partial charge in [0.15, 0.2) is 0 Å². The van der Waals surface area contributed by atoms with E-state index in [2.05, 4.69) is 5.32 Å². The SMILES string of the molecule is CC(C)c1cccc(N2CCC(=O)NC2=O)c1Cl. The van der Waals surface area contributed by atoms with Crippen molar-refractivity contribution in [2.24, 2.45) is 0 Å². The maximum atomic E-state index is 11.8. The Morgan fingerprint density at radius 1 is 1.33 bits per heavy atom. The number of anilines is 1. The van der Waals surface area contributed by atoms with Crippen LogP contribution in [0.2, 0.25) is 5.02 Å². The van der Waals surface area contributed by atoms with Crippen LogP contribution in [0.1, 0.15) is 31.7 Å². The Labute approximate surface area is 111 Å². The summed E-state index contributed by atoms with van der Waals surface area (Å²) in [6.07, 6.45) is 0.300. The summed E-state index contributed by atoms with van der Waals surface area (Å²) in [7, 11) is 0. The Hall–Kier alpha value is -1.55. The molecule has 18 heavy (non-hydrogen) atoms. The Bertz CT molecular complexity index is 500. The number of halogens is 1. The maximum Gasteiger partial charge on any atom is 0.328 e. The minimum Gasteiger partial charge on any atom is -0.292 e. The topological polar surface area (TPSA) is 49.4 Å². The molecule has 1 fully saturated rings. The Morgan fingerprint density at radius 2 is 2.06 bits per heavy atom. The van der Waals surface area contributed by atoms with Crippen LogP contribution in [0.4, 0.5) is 10.5 Å². The standard InChI is InChI=1S/C13H15ClN2O2/c1-8(2)9-4-3-5-10(12(9)14)16-7-6-11(17)15-13(16)18/h3-5,8H,6-7H2,1-2H3,(H,15,17,18). The lowest BCUT2D eigenvalue weighted by Crippen LogP contribution is -2.49. The van der Waals surface area contributed by atoms with Gasteiger partial charge in [-0.2, -0.15) is 0 Å². The van der Waals surface area contributed by atoms with Crippen molar-refractivity contribution in [2.75, 3.05) is 11.4 Å². The number of hydrogen-bond donors (Lipinski definition) is 1. The molecule has 0 radical (unpaired) electrons. The van der Waals surface area contributed by atoms with Gasteiger partial charge in [-0.25, -0.2) is 4.79 Å². The molecule has 1 aliphatic rings. The number of carbonyl (C=O) groups excluding carboxylic acids is 2. The van der Waals surface area contributed by atoms with Gasteiger partial charge < -0.3 is 0 Å². The van der Waals surface area contributed by atoms with Crippen LogP contribution >= 0.6 is 11.6 Å². The third-order valence-electron chi connectivity index (χ3n) is 2.97. The molecule has 1 aliphatic heterocycles. The predicted molar refractivity (Wildman–Crippen MR) is 71.0 cm³/mol. The molecule has 0 saturated carbocycles. The van der Waals surface area contributed by atoms with Gasteiger partial charge in [0.1, 0.15) is 0 Å². The fourth-order valence-corrected chi connectivity index (χ4v) is 2.43. The van der Waals surface area contributed by atoms with E-state index in [0.717, 1.165) is 5.56 Å². The molecule has 0 atom stereocenters. The molecule has 1 aromatic carbocycles. The van der Waals surface area contributed by atoms with E-state index in [1.165, 1.54) is 4.90 Å². The first-order valence-corrected chi connectivity index (χ1v) is 6.28. The lowest BCUT2D eigenvalue weighted by atomic mass is 10.0. The molecule has 1 aromatic rings. The summed E-state index contributed by atoms with van der Waals surface area (Å²) in [6.45, 7) is 4.46. The third kappa shape index (κ3) is 2.34. The predicted octanol–water partition coefficient (Wildman–Crippen LogP) is 2.91. The van der Waals surface area contributed by atoms with Crippen LogP contribution < -0.4 is 10.2 Å². The van der Waals surface area contributed by atoms with Crippen molar-refractivity contribution in [2.45, 2.75) is 26.2 Å². The first kappa shape index (κ1) is 12.9. The fraction of sp³-hybridized carbons (Fsp3) is 0.385. The zero-order valence-corrected chi connectivity index (χ0v) is 11.1. The minimum absolute atomic E-state index is 0.243. The molecule has 1 saturated heterocycles. The minimum atomic E-state index is -0.408. The van der Waals surface area contributed by atoms with Gasteiger partial charge in [-0.15, -0.1) is 0 Å². The molecule has 1 N–H and O–H groups in total. The molecule has 1 heterocycles. The Kier molecular flexibility index (Phi) is 3.57. The van der Waals surface area contributed by atoms with E-state index in [-0.39, 0.29) is 11.8 Å². The van der Waals surface area contributed by atoms with Crippen LogP contribution in [0.25, 0.3) is 0 Å². The molecule has 0 unspecified atom stereocenters. The summed E-state index contributed by atoms with van der Waals surface area (Å²) >= 11 is 6.33. The third-order valence-corrected chi connectivity index (χ3v) is 3.39. The van der Waals surface area contributed by atoms with Gasteiger partial charge in [0.25, 0.3) is 0 Å². The van der Waals surface area contributed by atoms with Crippen LogP contribution in [0.15, 0.2) is 18.2 Å². The Balaban J connectivity index is 2.36. The van der Waals surface area contributed by atoms with E-state index in [4.69, 9.17) is 11.6 Å². The fourth-order valence-electron chi connectivity index (χ4n) is 1.99. The largest absolute Gasteiger partial charge is 0.328 e. The molecule has 3 amide bonds. The molecule has 0 aliphatic carbocycles. The van der Waals surface area contributed by atoms with Crippen LogP contribution in [0.5, 0.6) is 0 Å². The second-order valence-electron chi connectivity index (χ2n) is 4.59. The van der Waals surface area contributed by atoms with E-state index >= 15 is 0 Å². The van der Waals surface area contributed by atoms with E-state index in [9.17, 15) is 9.59 Å². The van der Waals surface area contributed by atoms with Crippen LogP contribution in [0, 0.1) is 0 Å². The molecule has 2 rings (SSSR count). The van der Waals surface area contributed by atoms with E-state index in [1.807, 2.05) is 26.0 Å². The molecular weight excluding hydrogens is 252 g/mol. The van der Waals surface area contributed by atoms with Gasteiger partial charge >= 0.3 is 6.03 Å². The lowest BCUT2D eigenvalue weighted by molar-refractivity contribution is -0.120. The second-order valence-corrected chi connectivity index (χ2v) is 4.97. The highest BCUT2D eigenvalue weighted by molar-refractivity contribution is 6.34. The zero-order chi connectivity index (χ0) is 13.3. The van der Waals surface area contributed by atoms with Crippen molar-refractivity contribution in [3.8, 4) is 0 Å². The highest BCUT2D eigenvalue weighted by Gasteiger charge is 2.26. The maximum absolute atomic E-state index is 11.8. The summed E-state index contributed by atoms with van der Waals surface area (Å²) in [4.78, 5) is 24.4. The highest BCUT2D eigenvalue weighted by Crippen LogP contribution is 2.33. The number of nitrogens with one attached hydrogen (secondary N) is 1. The van der Waals surface area contributed by atoms with Gasteiger partial charge in [-0.1, -0.05) is 37.6 Å². The van der Waals surface area contributed by atoms with Gasteiger partial charge in [0.05, 0.1) is 10.7 Å². The average Bonchev–Trinajstić information content (AvgIpc) is 2.30. The summed E-state index contributed by atoms with van der Waals surface area (Å²) in [6, 6.07) is 5.21. The van der Waals surface area contributed by atoms with Gasteiger partial charge in [-0.3, -0.25) is 15.0 Å². The number of nitrogens with zero attached hydrogens (tertiary/aromatic N) is 1. The number of hydrogen-bond acceptors (Lipinski definition) is 2. The zero-order valence-electron chi connectivity index (χ0n) is 10.4. The average molecular weight is 267 g/mol. The van der Waals surface area contributed by atoms with Gasteiger partial charge in [0, 0.05) is 13.0 Å². The van der Waals surface area contributed by atoms with Crippen molar-refractivity contribution in [3.05, 3.63) is 28.8 Å².